The van der Waals surface area contributed by atoms with Crippen molar-refractivity contribution < 1.29 is 4.79 Å². The summed E-state index contributed by atoms with van der Waals surface area (Å²) in [4.78, 5) is 16.1. The highest BCUT2D eigenvalue weighted by Gasteiger charge is 2.20. The Labute approximate surface area is 144 Å². The van der Waals surface area contributed by atoms with Crippen molar-refractivity contribution in [2.75, 3.05) is 39.3 Å². The normalized spacial score (nSPS) is 15.5. The molecule has 1 aromatic carbocycles. The molecule has 1 N–H and O–H groups in total. The van der Waals surface area contributed by atoms with E-state index in [1.807, 2.05) is 36.1 Å². The fraction of sp³-hybridized carbons (Fsp3) is 0.500. The highest BCUT2D eigenvalue weighted by molar-refractivity contribution is 6.30. The van der Waals surface area contributed by atoms with E-state index in [1.54, 1.807) is 0 Å². The maximum absolute atomic E-state index is 11.8. The van der Waals surface area contributed by atoms with Crippen molar-refractivity contribution in [1.82, 2.24) is 15.1 Å². The lowest BCUT2D eigenvalue weighted by Gasteiger charge is -2.34. The number of nitrogens with zero attached hydrogens (tertiary/aromatic N) is 2. The Morgan fingerprint density at radius 1 is 1.22 bits per heavy atom. The first-order chi connectivity index (χ1) is 11.1. The van der Waals surface area contributed by atoms with Crippen LogP contribution in [0.25, 0.3) is 5.57 Å². The first-order valence-corrected chi connectivity index (χ1v) is 8.66. The van der Waals surface area contributed by atoms with E-state index >= 15 is 0 Å². The van der Waals surface area contributed by atoms with E-state index in [2.05, 4.69) is 16.8 Å². The highest BCUT2D eigenvalue weighted by Crippen LogP contribution is 2.20. The molecule has 0 aliphatic carbocycles. The molecule has 0 saturated carbocycles. The minimum Gasteiger partial charge on any atom is -0.338 e. The van der Waals surface area contributed by atoms with Gasteiger partial charge >= 0.3 is 6.03 Å². The van der Waals surface area contributed by atoms with Crippen molar-refractivity contribution in [2.24, 2.45) is 0 Å². The van der Waals surface area contributed by atoms with Crippen LogP contribution >= 0.6 is 11.6 Å². The van der Waals surface area contributed by atoms with Crippen molar-refractivity contribution in [2.45, 2.75) is 19.8 Å². The Morgan fingerprint density at radius 2 is 1.87 bits per heavy atom. The van der Waals surface area contributed by atoms with Crippen molar-refractivity contribution in [3.63, 3.8) is 0 Å². The molecule has 2 rings (SSSR count). The Hall–Kier alpha value is -1.52. The number of carbonyl (C=O) groups is 1. The van der Waals surface area contributed by atoms with Gasteiger partial charge in [-0.15, -0.1) is 0 Å². The minimum atomic E-state index is 0.0586. The van der Waals surface area contributed by atoms with Gasteiger partial charge in [-0.1, -0.05) is 30.3 Å². The van der Waals surface area contributed by atoms with Crippen LogP contribution in [0.1, 0.15) is 25.3 Å². The molecule has 1 heterocycles. The first kappa shape index (κ1) is 17.8. The van der Waals surface area contributed by atoms with Crippen LogP contribution in [0, 0.1) is 0 Å². The van der Waals surface area contributed by atoms with Gasteiger partial charge in [0.05, 0.1) is 0 Å². The molecule has 0 bridgehead atoms. The molecule has 1 saturated heterocycles. The molecule has 5 heteroatoms. The van der Waals surface area contributed by atoms with E-state index in [9.17, 15) is 4.79 Å². The second kappa shape index (κ2) is 8.94. The summed E-state index contributed by atoms with van der Waals surface area (Å²) in [6.07, 6.45) is 2.07. The molecular formula is C18H26ClN3O. The monoisotopic (exact) mass is 335 g/mol. The van der Waals surface area contributed by atoms with Gasteiger partial charge < -0.3 is 10.2 Å². The van der Waals surface area contributed by atoms with Crippen LogP contribution in [0.3, 0.4) is 0 Å². The van der Waals surface area contributed by atoms with Crippen molar-refractivity contribution in [1.29, 1.82) is 0 Å². The van der Waals surface area contributed by atoms with Gasteiger partial charge in [0.15, 0.2) is 0 Å². The minimum absolute atomic E-state index is 0.0586. The number of halogens is 1. The number of piperazine rings is 1. The SMILES string of the molecule is C=C(CCCN1CCN(C(=O)NCC)CC1)c1ccc(Cl)cc1. The second-order valence-electron chi connectivity index (χ2n) is 5.88. The van der Waals surface area contributed by atoms with Crippen LogP contribution in [0.15, 0.2) is 30.8 Å². The Morgan fingerprint density at radius 3 is 2.48 bits per heavy atom. The average Bonchev–Trinajstić information content (AvgIpc) is 2.56. The Bertz CT molecular complexity index is 522. The zero-order valence-electron chi connectivity index (χ0n) is 13.9. The number of allylic oxidation sites excluding steroid dienone is 1. The van der Waals surface area contributed by atoms with Crippen LogP contribution in [0.5, 0.6) is 0 Å². The van der Waals surface area contributed by atoms with Crippen LogP contribution in [-0.4, -0.2) is 55.1 Å². The van der Waals surface area contributed by atoms with Gasteiger partial charge in [0.2, 0.25) is 0 Å². The smallest absolute Gasteiger partial charge is 0.317 e. The molecule has 1 aromatic rings. The summed E-state index contributed by atoms with van der Waals surface area (Å²) < 4.78 is 0. The van der Waals surface area contributed by atoms with Gasteiger partial charge in [-0.2, -0.15) is 0 Å². The predicted octanol–water partition coefficient (Wildman–Crippen LogP) is 3.48. The predicted molar refractivity (Wildman–Crippen MR) is 96.8 cm³/mol. The molecule has 1 aliphatic rings. The largest absolute Gasteiger partial charge is 0.338 e. The number of amides is 2. The van der Waals surface area contributed by atoms with E-state index in [1.165, 1.54) is 0 Å². The Balaban J connectivity index is 1.66. The standard InChI is InChI=1S/C18H26ClN3O/c1-3-20-18(23)22-13-11-21(12-14-22)10-4-5-15(2)16-6-8-17(19)9-7-16/h6-9H,2-5,10-14H2,1H3,(H,20,23). The number of hydrogen-bond donors (Lipinski definition) is 1. The molecule has 1 aliphatic heterocycles. The highest BCUT2D eigenvalue weighted by atomic mass is 35.5. The summed E-state index contributed by atoms with van der Waals surface area (Å²) in [5.41, 5.74) is 2.32. The molecule has 4 nitrogen and oxygen atoms in total. The third kappa shape index (κ3) is 5.56. The molecule has 0 radical (unpaired) electrons. The van der Waals surface area contributed by atoms with Gasteiger partial charge in [-0.05, 0) is 49.6 Å². The van der Waals surface area contributed by atoms with Gasteiger partial charge in [-0.3, -0.25) is 4.90 Å². The number of hydrogen-bond acceptors (Lipinski definition) is 2. The molecule has 0 atom stereocenters. The van der Waals surface area contributed by atoms with Crippen LogP contribution in [0.2, 0.25) is 5.02 Å². The van der Waals surface area contributed by atoms with Gasteiger partial charge in [-0.25, -0.2) is 4.79 Å². The Kier molecular flexibility index (Phi) is 6.93. The molecule has 126 valence electrons. The number of nitrogens with one attached hydrogen (secondary N) is 1. The lowest BCUT2D eigenvalue weighted by molar-refractivity contribution is 0.139. The number of urea groups is 1. The second-order valence-corrected chi connectivity index (χ2v) is 6.31. The van der Waals surface area contributed by atoms with Gasteiger partial charge in [0.1, 0.15) is 0 Å². The van der Waals surface area contributed by atoms with Crippen molar-refractivity contribution >= 4 is 23.2 Å². The van der Waals surface area contributed by atoms with Crippen molar-refractivity contribution in [3.8, 4) is 0 Å². The molecule has 1 fully saturated rings. The lowest BCUT2D eigenvalue weighted by atomic mass is 10.0. The molecule has 0 aromatic heterocycles. The first-order valence-electron chi connectivity index (χ1n) is 8.29. The van der Waals surface area contributed by atoms with Crippen LogP contribution in [-0.2, 0) is 0 Å². The summed E-state index contributed by atoms with van der Waals surface area (Å²) in [5.74, 6) is 0. The summed E-state index contributed by atoms with van der Waals surface area (Å²) >= 11 is 5.91. The summed E-state index contributed by atoms with van der Waals surface area (Å²) in [6.45, 7) is 11.4. The van der Waals surface area contributed by atoms with E-state index in [4.69, 9.17) is 11.6 Å². The van der Waals surface area contributed by atoms with E-state index in [0.29, 0.717) is 6.54 Å². The fourth-order valence-electron chi connectivity index (χ4n) is 2.78. The van der Waals surface area contributed by atoms with Gasteiger partial charge in [0.25, 0.3) is 0 Å². The number of benzene rings is 1. The molecule has 23 heavy (non-hydrogen) atoms. The molecule has 0 spiro atoms. The maximum atomic E-state index is 11.8. The average molecular weight is 336 g/mol. The molecule has 2 amide bonds. The van der Waals surface area contributed by atoms with Gasteiger partial charge in [0, 0.05) is 37.7 Å². The number of rotatable bonds is 6. The third-order valence-corrected chi connectivity index (χ3v) is 4.44. The van der Waals surface area contributed by atoms with Crippen LogP contribution in [0.4, 0.5) is 4.79 Å². The van der Waals surface area contributed by atoms with E-state index in [0.717, 1.165) is 61.7 Å². The van der Waals surface area contributed by atoms with Crippen molar-refractivity contribution in [3.05, 3.63) is 41.4 Å². The molecular weight excluding hydrogens is 310 g/mol. The molecule has 0 unspecified atom stereocenters. The van der Waals surface area contributed by atoms with E-state index in [-0.39, 0.29) is 6.03 Å². The quantitative estimate of drug-likeness (QED) is 0.864. The number of carbonyl (C=O) groups excluding carboxylic acids is 1. The zero-order valence-corrected chi connectivity index (χ0v) is 14.6. The summed E-state index contributed by atoms with van der Waals surface area (Å²) in [5, 5.41) is 3.61. The van der Waals surface area contributed by atoms with Crippen LogP contribution < -0.4 is 5.32 Å². The maximum Gasteiger partial charge on any atom is 0.317 e. The third-order valence-electron chi connectivity index (χ3n) is 4.19. The zero-order chi connectivity index (χ0) is 16.7. The lowest BCUT2D eigenvalue weighted by Crippen LogP contribution is -2.51. The summed E-state index contributed by atoms with van der Waals surface area (Å²) in [6, 6.07) is 7.92. The topological polar surface area (TPSA) is 35.6 Å². The summed E-state index contributed by atoms with van der Waals surface area (Å²) in [7, 11) is 0. The fourth-order valence-corrected chi connectivity index (χ4v) is 2.91. The van der Waals surface area contributed by atoms with E-state index < -0.39 is 0 Å².